The standard InChI is InChI=1S/C22H32N6OS/c1-3-6-17-14-24-22(30-17)27-19-13-15(2)25-20(26-19)16-8-11-28(12-9-16)21(29)18-7-4-5-10-23-18/h13-14,16,18,23H,3-12H2,1-2H3,(H,24,25,26,27). The number of thiazole rings is 1. The van der Waals surface area contributed by atoms with Crippen LogP contribution in [0.1, 0.15) is 67.8 Å². The molecular formula is C22H32N6OS. The second kappa shape index (κ2) is 9.83. The Labute approximate surface area is 182 Å². The fourth-order valence-corrected chi connectivity index (χ4v) is 5.24. The average Bonchev–Trinajstić information content (AvgIpc) is 3.20. The highest BCUT2D eigenvalue weighted by atomic mass is 32.1. The molecule has 2 aromatic heterocycles. The van der Waals surface area contributed by atoms with Gasteiger partial charge in [-0.05, 0) is 45.6 Å². The second-order valence-corrected chi connectivity index (χ2v) is 9.48. The van der Waals surface area contributed by atoms with Crippen molar-refractivity contribution in [3.63, 3.8) is 0 Å². The molecule has 2 aliphatic heterocycles. The van der Waals surface area contributed by atoms with Gasteiger partial charge in [0.1, 0.15) is 11.6 Å². The molecule has 0 saturated carbocycles. The van der Waals surface area contributed by atoms with E-state index >= 15 is 0 Å². The number of carbonyl (C=O) groups is 1. The fourth-order valence-electron chi connectivity index (χ4n) is 4.32. The first-order valence-electron chi connectivity index (χ1n) is 11.2. The smallest absolute Gasteiger partial charge is 0.239 e. The predicted octanol–water partition coefficient (Wildman–Crippen LogP) is 3.79. The Morgan fingerprint density at radius 3 is 2.83 bits per heavy atom. The quantitative estimate of drug-likeness (QED) is 0.728. The molecular weight excluding hydrogens is 396 g/mol. The van der Waals surface area contributed by atoms with Crippen LogP contribution in [0.2, 0.25) is 0 Å². The molecule has 2 N–H and O–H groups in total. The Morgan fingerprint density at radius 2 is 2.10 bits per heavy atom. The number of likely N-dealkylation sites (tertiary alicyclic amines) is 1. The number of hydrogen-bond donors (Lipinski definition) is 2. The highest BCUT2D eigenvalue weighted by Gasteiger charge is 2.30. The number of rotatable bonds is 6. The monoisotopic (exact) mass is 428 g/mol. The van der Waals surface area contributed by atoms with Gasteiger partial charge >= 0.3 is 0 Å². The molecule has 1 unspecified atom stereocenters. The molecule has 8 heteroatoms. The maximum absolute atomic E-state index is 12.8. The van der Waals surface area contributed by atoms with Crippen molar-refractivity contribution in [2.45, 2.75) is 70.8 Å². The number of aromatic nitrogens is 3. The zero-order valence-electron chi connectivity index (χ0n) is 18.0. The molecule has 162 valence electrons. The second-order valence-electron chi connectivity index (χ2n) is 8.36. The first-order chi connectivity index (χ1) is 14.6. The van der Waals surface area contributed by atoms with Crippen molar-refractivity contribution < 1.29 is 4.79 Å². The van der Waals surface area contributed by atoms with Crippen LogP contribution in [0.5, 0.6) is 0 Å². The Morgan fingerprint density at radius 1 is 1.27 bits per heavy atom. The lowest BCUT2D eigenvalue weighted by molar-refractivity contribution is -0.135. The van der Waals surface area contributed by atoms with Gasteiger partial charge < -0.3 is 15.5 Å². The highest BCUT2D eigenvalue weighted by molar-refractivity contribution is 7.15. The molecule has 0 bridgehead atoms. The summed E-state index contributed by atoms with van der Waals surface area (Å²) >= 11 is 1.68. The van der Waals surface area contributed by atoms with Gasteiger partial charge in [-0.1, -0.05) is 19.8 Å². The molecule has 0 aromatic carbocycles. The van der Waals surface area contributed by atoms with Gasteiger partial charge in [-0.25, -0.2) is 15.0 Å². The van der Waals surface area contributed by atoms with Crippen LogP contribution in [0.25, 0.3) is 0 Å². The summed E-state index contributed by atoms with van der Waals surface area (Å²) in [5, 5.41) is 7.61. The largest absolute Gasteiger partial charge is 0.341 e. The fraction of sp³-hybridized carbons (Fsp3) is 0.636. The minimum Gasteiger partial charge on any atom is -0.341 e. The van der Waals surface area contributed by atoms with Crippen molar-refractivity contribution in [3.05, 3.63) is 28.7 Å². The number of aryl methyl sites for hydroxylation is 2. The van der Waals surface area contributed by atoms with Gasteiger partial charge in [0.25, 0.3) is 0 Å². The molecule has 30 heavy (non-hydrogen) atoms. The van der Waals surface area contributed by atoms with E-state index in [1.807, 2.05) is 24.1 Å². The SMILES string of the molecule is CCCc1cnc(Nc2cc(C)nc(C3CCN(C(=O)C4CCCCN4)CC3)n2)s1. The Hall–Kier alpha value is -2.06. The normalized spacial score (nSPS) is 20.3. The number of carbonyl (C=O) groups excluding carboxylic acids is 1. The Bertz CT molecular complexity index is 855. The molecule has 1 atom stereocenters. The lowest BCUT2D eigenvalue weighted by Gasteiger charge is -2.35. The minimum absolute atomic E-state index is 0.0113. The number of anilines is 2. The summed E-state index contributed by atoms with van der Waals surface area (Å²) in [5.41, 5.74) is 0.956. The van der Waals surface area contributed by atoms with E-state index in [1.54, 1.807) is 11.3 Å². The van der Waals surface area contributed by atoms with Gasteiger partial charge in [-0.15, -0.1) is 11.3 Å². The third-order valence-corrected chi connectivity index (χ3v) is 6.91. The minimum atomic E-state index is 0.0113. The maximum atomic E-state index is 12.8. The zero-order chi connectivity index (χ0) is 20.9. The number of nitrogens with zero attached hydrogens (tertiary/aromatic N) is 4. The van der Waals surface area contributed by atoms with Crippen LogP contribution < -0.4 is 10.6 Å². The van der Waals surface area contributed by atoms with E-state index in [4.69, 9.17) is 9.97 Å². The molecule has 0 radical (unpaired) electrons. The summed E-state index contributed by atoms with van der Waals surface area (Å²) in [6, 6.07) is 1.98. The lowest BCUT2D eigenvalue weighted by atomic mass is 9.94. The predicted molar refractivity (Wildman–Crippen MR) is 120 cm³/mol. The lowest BCUT2D eigenvalue weighted by Crippen LogP contribution is -2.50. The topological polar surface area (TPSA) is 83.0 Å². The van der Waals surface area contributed by atoms with Gasteiger partial charge in [-0.2, -0.15) is 0 Å². The summed E-state index contributed by atoms with van der Waals surface area (Å²) < 4.78 is 0. The van der Waals surface area contributed by atoms with Crippen LogP contribution in [-0.4, -0.2) is 51.4 Å². The third-order valence-electron chi connectivity index (χ3n) is 5.94. The molecule has 7 nitrogen and oxygen atoms in total. The number of amides is 1. The van der Waals surface area contributed by atoms with E-state index in [0.29, 0.717) is 5.92 Å². The molecule has 4 rings (SSSR count). The summed E-state index contributed by atoms with van der Waals surface area (Å²) in [4.78, 5) is 30.1. The summed E-state index contributed by atoms with van der Waals surface area (Å²) in [6.07, 6.45) is 9.24. The van der Waals surface area contributed by atoms with Crippen molar-refractivity contribution >= 4 is 28.2 Å². The van der Waals surface area contributed by atoms with Gasteiger partial charge in [0, 0.05) is 41.8 Å². The molecule has 2 aliphatic rings. The van der Waals surface area contributed by atoms with E-state index in [1.165, 1.54) is 11.3 Å². The van der Waals surface area contributed by atoms with Crippen molar-refractivity contribution in [2.24, 2.45) is 0 Å². The molecule has 2 saturated heterocycles. The molecule has 0 spiro atoms. The maximum Gasteiger partial charge on any atom is 0.239 e. The molecule has 2 aromatic rings. The molecule has 4 heterocycles. The first kappa shape index (κ1) is 21.2. The number of piperidine rings is 2. The van der Waals surface area contributed by atoms with E-state index in [2.05, 4.69) is 22.5 Å². The van der Waals surface area contributed by atoms with Crippen molar-refractivity contribution in [2.75, 3.05) is 25.0 Å². The number of hydrogen-bond acceptors (Lipinski definition) is 7. The van der Waals surface area contributed by atoms with Crippen LogP contribution in [-0.2, 0) is 11.2 Å². The van der Waals surface area contributed by atoms with Crippen molar-refractivity contribution in [1.82, 2.24) is 25.2 Å². The third kappa shape index (κ3) is 5.16. The Balaban J connectivity index is 1.37. The van der Waals surface area contributed by atoms with Gasteiger partial charge in [0.05, 0.1) is 6.04 Å². The van der Waals surface area contributed by atoms with Crippen LogP contribution >= 0.6 is 11.3 Å². The Kier molecular flexibility index (Phi) is 6.94. The molecule has 1 amide bonds. The summed E-state index contributed by atoms with van der Waals surface area (Å²) in [6.45, 7) is 6.72. The van der Waals surface area contributed by atoms with Gasteiger partial charge in [0.15, 0.2) is 5.13 Å². The summed E-state index contributed by atoms with van der Waals surface area (Å²) in [5.74, 6) is 2.25. The molecule has 2 fully saturated rings. The van der Waals surface area contributed by atoms with Crippen LogP contribution in [0.3, 0.4) is 0 Å². The van der Waals surface area contributed by atoms with E-state index in [9.17, 15) is 4.79 Å². The van der Waals surface area contributed by atoms with Crippen LogP contribution in [0, 0.1) is 6.92 Å². The highest BCUT2D eigenvalue weighted by Crippen LogP contribution is 2.29. The number of nitrogens with one attached hydrogen (secondary N) is 2. The van der Waals surface area contributed by atoms with Crippen LogP contribution in [0.4, 0.5) is 10.9 Å². The van der Waals surface area contributed by atoms with Gasteiger partial charge in [0.2, 0.25) is 5.91 Å². The van der Waals surface area contributed by atoms with Crippen LogP contribution in [0.15, 0.2) is 12.3 Å². The zero-order valence-corrected chi connectivity index (χ0v) is 18.8. The summed E-state index contributed by atoms with van der Waals surface area (Å²) in [7, 11) is 0. The van der Waals surface area contributed by atoms with E-state index < -0.39 is 0 Å². The van der Waals surface area contributed by atoms with E-state index in [-0.39, 0.29) is 11.9 Å². The van der Waals surface area contributed by atoms with Gasteiger partial charge in [-0.3, -0.25) is 4.79 Å². The average molecular weight is 429 g/mol. The first-order valence-corrected chi connectivity index (χ1v) is 12.0. The van der Waals surface area contributed by atoms with E-state index in [0.717, 1.165) is 80.6 Å². The van der Waals surface area contributed by atoms with Crippen molar-refractivity contribution in [3.8, 4) is 0 Å². The van der Waals surface area contributed by atoms with Crippen molar-refractivity contribution in [1.29, 1.82) is 0 Å². The molecule has 0 aliphatic carbocycles.